The summed E-state index contributed by atoms with van der Waals surface area (Å²) in [6, 6.07) is 5.50. The number of aromatic carboxylic acids is 1. The number of hydrogen-bond donors (Lipinski definition) is 1. The van der Waals surface area contributed by atoms with Gasteiger partial charge in [0, 0.05) is 24.2 Å². The highest BCUT2D eigenvalue weighted by molar-refractivity contribution is 5.96. The summed E-state index contributed by atoms with van der Waals surface area (Å²) in [5.74, 6) is -0.910. The highest BCUT2D eigenvalue weighted by Gasteiger charge is 2.25. The highest BCUT2D eigenvalue weighted by Crippen LogP contribution is 2.34. The Morgan fingerprint density at radius 1 is 1.25 bits per heavy atom. The summed E-state index contributed by atoms with van der Waals surface area (Å²) in [4.78, 5) is 11.5. The number of rotatable bonds is 2. The molecule has 1 aromatic carbocycles. The maximum atomic E-state index is 11.5. The molecule has 0 atom stereocenters. The lowest BCUT2D eigenvalue weighted by Crippen LogP contribution is -2.14. The molecule has 0 aliphatic heterocycles. The van der Waals surface area contributed by atoms with Gasteiger partial charge in [-0.2, -0.15) is 5.10 Å². The molecular formula is C16H20N2O2. The quantitative estimate of drug-likeness (QED) is 0.911. The van der Waals surface area contributed by atoms with Gasteiger partial charge in [0.2, 0.25) is 0 Å². The minimum absolute atomic E-state index is 0.142. The van der Waals surface area contributed by atoms with Crippen molar-refractivity contribution in [1.82, 2.24) is 9.78 Å². The molecule has 0 radical (unpaired) electrons. The van der Waals surface area contributed by atoms with Gasteiger partial charge >= 0.3 is 5.97 Å². The van der Waals surface area contributed by atoms with Crippen molar-refractivity contribution >= 4 is 5.97 Å². The smallest absolute Gasteiger partial charge is 0.336 e. The van der Waals surface area contributed by atoms with Crippen molar-refractivity contribution < 1.29 is 9.90 Å². The topological polar surface area (TPSA) is 55.1 Å². The van der Waals surface area contributed by atoms with E-state index in [0.29, 0.717) is 5.56 Å². The predicted octanol–water partition coefficient (Wildman–Crippen LogP) is 3.39. The van der Waals surface area contributed by atoms with E-state index in [2.05, 4.69) is 25.9 Å². The molecule has 1 heterocycles. The Morgan fingerprint density at radius 2 is 1.90 bits per heavy atom. The van der Waals surface area contributed by atoms with Crippen LogP contribution in [0.15, 0.2) is 24.4 Å². The normalized spacial score (nSPS) is 11.7. The van der Waals surface area contributed by atoms with Gasteiger partial charge in [-0.25, -0.2) is 4.79 Å². The fourth-order valence-electron chi connectivity index (χ4n) is 2.31. The molecule has 106 valence electrons. The summed E-state index contributed by atoms with van der Waals surface area (Å²) in [7, 11) is 1.85. The van der Waals surface area contributed by atoms with Crippen LogP contribution < -0.4 is 0 Å². The van der Waals surface area contributed by atoms with E-state index in [1.54, 1.807) is 10.7 Å². The molecule has 0 aliphatic rings. The first-order valence-corrected chi connectivity index (χ1v) is 6.58. The lowest BCUT2D eigenvalue weighted by molar-refractivity contribution is 0.0697. The van der Waals surface area contributed by atoms with Crippen LogP contribution in [0.3, 0.4) is 0 Å². The molecule has 0 aliphatic carbocycles. The van der Waals surface area contributed by atoms with E-state index in [4.69, 9.17) is 0 Å². The minimum atomic E-state index is -0.910. The van der Waals surface area contributed by atoms with E-state index in [0.717, 1.165) is 22.4 Å². The number of aromatic nitrogens is 2. The monoisotopic (exact) mass is 272 g/mol. The molecule has 0 fully saturated rings. The predicted molar refractivity (Wildman–Crippen MR) is 79.0 cm³/mol. The van der Waals surface area contributed by atoms with Crippen LogP contribution in [0.25, 0.3) is 11.1 Å². The Hall–Kier alpha value is -2.10. The number of carbonyl (C=O) groups is 1. The number of hydrogen-bond acceptors (Lipinski definition) is 2. The van der Waals surface area contributed by atoms with Gasteiger partial charge in [0.05, 0.1) is 11.3 Å². The van der Waals surface area contributed by atoms with Crippen LogP contribution in [0.4, 0.5) is 0 Å². The molecule has 4 heteroatoms. The molecule has 2 aromatic rings. The number of carboxylic acid groups (broad SMARTS) is 1. The molecule has 1 aromatic heterocycles. The van der Waals surface area contributed by atoms with Crippen LogP contribution in [-0.2, 0) is 12.5 Å². The zero-order valence-corrected chi connectivity index (χ0v) is 12.6. The molecule has 0 amide bonds. The minimum Gasteiger partial charge on any atom is -0.478 e. The molecule has 4 nitrogen and oxygen atoms in total. The number of nitrogens with zero attached hydrogens (tertiary/aromatic N) is 2. The molecule has 0 bridgehead atoms. The first kappa shape index (κ1) is 14.3. The molecular weight excluding hydrogens is 252 g/mol. The number of aryl methyl sites for hydroxylation is 2. The summed E-state index contributed by atoms with van der Waals surface area (Å²) in [6.45, 7) is 8.12. The second-order valence-corrected chi connectivity index (χ2v) is 6.17. The Balaban J connectivity index is 2.72. The van der Waals surface area contributed by atoms with Gasteiger partial charge in [-0.05, 0) is 18.6 Å². The fourth-order valence-corrected chi connectivity index (χ4v) is 2.31. The summed E-state index contributed by atoms with van der Waals surface area (Å²) in [5, 5.41) is 13.9. The second-order valence-electron chi connectivity index (χ2n) is 6.17. The summed E-state index contributed by atoms with van der Waals surface area (Å²) in [5.41, 5.74) is 3.64. The average Bonchev–Trinajstić information content (AvgIpc) is 2.70. The highest BCUT2D eigenvalue weighted by atomic mass is 16.4. The summed E-state index contributed by atoms with van der Waals surface area (Å²) < 4.78 is 1.74. The van der Waals surface area contributed by atoms with Crippen LogP contribution in [0.5, 0.6) is 0 Å². The van der Waals surface area contributed by atoms with E-state index in [-0.39, 0.29) is 5.41 Å². The maximum Gasteiger partial charge on any atom is 0.336 e. The zero-order chi connectivity index (χ0) is 15.1. The van der Waals surface area contributed by atoms with Gasteiger partial charge in [0.15, 0.2) is 0 Å². The van der Waals surface area contributed by atoms with Gasteiger partial charge in [0.1, 0.15) is 0 Å². The van der Waals surface area contributed by atoms with E-state index in [1.807, 2.05) is 32.3 Å². The third kappa shape index (κ3) is 2.59. The van der Waals surface area contributed by atoms with Gasteiger partial charge in [-0.15, -0.1) is 0 Å². The van der Waals surface area contributed by atoms with Crippen LogP contribution in [0.2, 0.25) is 0 Å². The molecule has 0 saturated heterocycles. The van der Waals surface area contributed by atoms with Crippen molar-refractivity contribution in [3.05, 3.63) is 41.2 Å². The SMILES string of the molecule is Cc1ccc(-c2cn(C)nc2C(C)(C)C)c(C(=O)O)c1. The summed E-state index contributed by atoms with van der Waals surface area (Å²) in [6.07, 6.45) is 1.89. The molecule has 0 unspecified atom stereocenters. The third-order valence-corrected chi connectivity index (χ3v) is 3.23. The lowest BCUT2D eigenvalue weighted by Gasteiger charge is -2.18. The van der Waals surface area contributed by atoms with Gasteiger partial charge in [-0.3, -0.25) is 4.68 Å². The molecule has 2 rings (SSSR count). The van der Waals surface area contributed by atoms with Crippen molar-refractivity contribution in [3.8, 4) is 11.1 Å². The maximum absolute atomic E-state index is 11.5. The fraction of sp³-hybridized carbons (Fsp3) is 0.375. The zero-order valence-electron chi connectivity index (χ0n) is 12.6. The van der Waals surface area contributed by atoms with Gasteiger partial charge in [-0.1, -0.05) is 38.5 Å². The van der Waals surface area contributed by atoms with Gasteiger partial charge < -0.3 is 5.11 Å². The largest absolute Gasteiger partial charge is 0.478 e. The molecule has 20 heavy (non-hydrogen) atoms. The Labute approximate surface area is 119 Å². The first-order chi connectivity index (χ1) is 9.20. The first-order valence-electron chi connectivity index (χ1n) is 6.58. The van der Waals surface area contributed by atoms with Crippen LogP contribution in [0.1, 0.15) is 42.4 Å². The number of carboxylic acids is 1. The second kappa shape index (κ2) is 4.78. The van der Waals surface area contributed by atoms with Crippen molar-refractivity contribution in [2.75, 3.05) is 0 Å². The molecule has 0 spiro atoms. The van der Waals surface area contributed by atoms with Crippen molar-refractivity contribution in [2.45, 2.75) is 33.1 Å². The Bertz CT molecular complexity index is 664. The molecule has 1 N–H and O–H groups in total. The van der Waals surface area contributed by atoms with Crippen LogP contribution in [-0.4, -0.2) is 20.9 Å². The van der Waals surface area contributed by atoms with Crippen molar-refractivity contribution in [3.63, 3.8) is 0 Å². The van der Waals surface area contributed by atoms with E-state index in [1.165, 1.54) is 0 Å². The van der Waals surface area contributed by atoms with Crippen LogP contribution in [0, 0.1) is 6.92 Å². The molecule has 0 saturated carbocycles. The summed E-state index contributed by atoms with van der Waals surface area (Å²) >= 11 is 0. The third-order valence-electron chi connectivity index (χ3n) is 3.23. The van der Waals surface area contributed by atoms with Gasteiger partial charge in [0.25, 0.3) is 0 Å². The lowest BCUT2D eigenvalue weighted by atomic mass is 9.86. The Kier molecular flexibility index (Phi) is 3.42. The Morgan fingerprint density at radius 3 is 2.45 bits per heavy atom. The van der Waals surface area contributed by atoms with Crippen molar-refractivity contribution in [2.24, 2.45) is 7.05 Å². The number of benzene rings is 1. The average molecular weight is 272 g/mol. The van der Waals surface area contributed by atoms with Crippen LogP contribution >= 0.6 is 0 Å². The van der Waals surface area contributed by atoms with E-state index >= 15 is 0 Å². The van der Waals surface area contributed by atoms with Crippen molar-refractivity contribution in [1.29, 1.82) is 0 Å². The van der Waals surface area contributed by atoms with E-state index in [9.17, 15) is 9.90 Å². The van der Waals surface area contributed by atoms with E-state index < -0.39 is 5.97 Å². The standard InChI is InChI=1S/C16H20N2O2/c1-10-6-7-11(12(8-10)15(19)20)13-9-18(5)17-14(13)16(2,3)4/h6-9H,1-5H3,(H,19,20).